The highest BCUT2D eigenvalue weighted by Gasteiger charge is 2.77. The summed E-state index contributed by atoms with van der Waals surface area (Å²) in [6.07, 6.45) is 8.20. The minimum atomic E-state index is -1.43. The van der Waals surface area contributed by atoms with Crippen LogP contribution in [-0.2, 0) is 25.4 Å². The van der Waals surface area contributed by atoms with E-state index in [2.05, 4.69) is 25.7 Å². The molecule has 7 rings (SSSR count). The van der Waals surface area contributed by atoms with Crippen LogP contribution in [-0.4, -0.2) is 89.2 Å². The molecule has 1 aliphatic heterocycles. The molecular weight excluding hydrogens is 594 g/mol. The molecule has 8 heteroatoms. The number of nitrogens with zero attached hydrogens (tertiary/aromatic N) is 1. The quantitative estimate of drug-likeness (QED) is 0.369. The fraction of sp³-hybridized carbons (Fsp3) is 0.795. The first kappa shape index (κ1) is 33.6. The number of esters is 1. The van der Waals surface area contributed by atoms with Gasteiger partial charge in [-0.2, -0.15) is 0 Å². The van der Waals surface area contributed by atoms with Crippen molar-refractivity contribution in [3.05, 3.63) is 35.4 Å². The molecule has 4 bridgehead atoms. The number of hydrogen-bond donors (Lipinski definition) is 2. The third kappa shape index (κ3) is 5.01. The Balaban J connectivity index is 1.29. The van der Waals surface area contributed by atoms with Gasteiger partial charge in [-0.15, -0.1) is 0 Å². The molecule has 1 aromatic rings. The zero-order valence-corrected chi connectivity index (χ0v) is 29.2. The van der Waals surface area contributed by atoms with Gasteiger partial charge < -0.3 is 24.4 Å². The van der Waals surface area contributed by atoms with Crippen LogP contribution in [0.15, 0.2) is 24.3 Å². The molecule has 6 fully saturated rings. The Labute approximate surface area is 280 Å². The van der Waals surface area contributed by atoms with E-state index in [4.69, 9.17) is 14.2 Å². The van der Waals surface area contributed by atoms with Gasteiger partial charge in [0.1, 0.15) is 22.6 Å². The molecule has 6 aliphatic rings. The molecule has 260 valence electrons. The molecule has 0 amide bonds. The van der Waals surface area contributed by atoms with Crippen LogP contribution in [0.25, 0.3) is 0 Å². The SMILES string of the molecule is CCN1C[C@]2(OC(=O)c3ccccc3CC(=O)C3CCCCC3)CC[C@H](OC)C3C2C[C@@H]([C@@H]1C)[C@@]1(O)CC(C)[C@H]2CC3[C@]1(O)[C@H]2OC. The third-order valence-electron chi connectivity index (χ3n) is 14.5. The first-order valence-electron chi connectivity index (χ1n) is 18.6. The van der Waals surface area contributed by atoms with Gasteiger partial charge in [0.25, 0.3) is 0 Å². The number of likely N-dealkylation sites (N-methyl/N-ethyl adjacent to an activating group) is 1. The fourth-order valence-electron chi connectivity index (χ4n) is 12.3. The molecule has 1 heterocycles. The van der Waals surface area contributed by atoms with Crippen molar-refractivity contribution >= 4 is 11.8 Å². The van der Waals surface area contributed by atoms with Gasteiger partial charge in [-0.3, -0.25) is 9.69 Å². The first-order valence-corrected chi connectivity index (χ1v) is 18.6. The van der Waals surface area contributed by atoms with Crippen LogP contribution in [0.3, 0.4) is 0 Å². The highest BCUT2D eigenvalue weighted by Crippen LogP contribution is 2.68. The molecule has 5 aliphatic carbocycles. The lowest BCUT2D eigenvalue weighted by molar-refractivity contribution is -0.275. The zero-order chi connectivity index (χ0) is 33.3. The summed E-state index contributed by atoms with van der Waals surface area (Å²) in [6.45, 7) is 7.83. The largest absolute Gasteiger partial charge is 0.454 e. The Bertz CT molecular complexity index is 1350. The molecule has 1 aromatic carbocycles. The summed E-state index contributed by atoms with van der Waals surface area (Å²) in [5.41, 5.74) is -2.38. The van der Waals surface area contributed by atoms with E-state index >= 15 is 0 Å². The molecule has 0 spiro atoms. The van der Waals surface area contributed by atoms with Crippen molar-refractivity contribution in [2.45, 2.75) is 126 Å². The molecule has 5 saturated carbocycles. The van der Waals surface area contributed by atoms with E-state index in [1.807, 2.05) is 24.3 Å². The summed E-state index contributed by atoms with van der Waals surface area (Å²) in [5, 5.41) is 26.1. The predicted octanol–water partition coefficient (Wildman–Crippen LogP) is 5.21. The van der Waals surface area contributed by atoms with Crippen molar-refractivity contribution in [3.63, 3.8) is 0 Å². The van der Waals surface area contributed by atoms with Crippen LogP contribution in [0.4, 0.5) is 0 Å². The number of aliphatic hydroxyl groups is 2. The molecule has 0 aromatic heterocycles. The maximum Gasteiger partial charge on any atom is 0.339 e. The van der Waals surface area contributed by atoms with E-state index < -0.39 is 22.9 Å². The average Bonchev–Trinajstić information content (AvgIpc) is 3.22. The molecule has 12 atom stereocenters. The maximum absolute atomic E-state index is 14.5. The second-order valence-corrected chi connectivity index (χ2v) is 16.3. The van der Waals surface area contributed by atoms with Crippen molar-refractivity contribution in [2.24, 2.45) is 41.4 Å². The van der Waals surface area contributed by atoms with Gasteiger partial charge in [0, 0.05) is 51.0 Å². The number of fused-ring (bicyclic) bond motifs is 4. The van der Waals surface area contributed by atoms with Crippen LogP contribution < -0.4 is 0 Å². The second kappa shape index (κ2) is 12.5. The van der Waals surface area contributed by atoms with Gasteiger partial charge in [0.05, 0.1) is 17.8 Å². The van der Waals surface area contributed by atoms with Gasteiger partial charge in [0.2, 0.25) is 0 Å². The molecule has 4 unspecified atom stereocenters. The number of Topliss-reactive ketones (excluding diaryl/α,β-unsaturated/α-hetero) is 1. The van der Waals surface area contributed by atoms with Gasteiger partial charge in [-0.25, -0.2) is 4.79 Å². The molecule has 1 saturated heterocycles. The summed E-state index contributed by atoms with van der Waals surface area (Å²) in [5.74, 6) is -0.429. The molecule has 0 radical (unpaired) electrons. The van der Waals surface area contributed by atoms with Crippen LogP contribution in [0, 0.1) is 41.4 Å². The maximum atomic E-state index is 14.5. The van der Waals surface area contributed by atoms with Crippen molar-refractivity contribution in [1.82, 2.24) is 4.90 Å². The number of carbonyl (C=O) groups excluding carboxylic acids is 2. The summed E-state index contributed by atoms with van der Waals surface area (Å²) in [6, 6.07) is 7.45. The van der Waals surface area contributed by atoms with Crippen LogP contribution >= 0.6 is 0 Å². The Morgan fingerprint density at radius 3 is 2.40 bits per heavy atom. The fourth-order valence-corrected chi connectivity index (χ4v) is 12.3. The van der Waals surface area contributed by atoms with Crippen LogP contribution in [0.2, 0.25) is 0 Å². The number of carbonyl (C=O) groups is 2. The highest BCUT2D eigenvalue weighted by atomic mass is 16.6. The lowest BCUT2D eigenvalue weighted by Gasteiger charge is -2.58. The number of likely N-dealkylation sites (tertiary alicyclic amines) is 1. The number of ether oxygens (including phenoxy) is 3. The van der Waals surface area contributed by atoms with E-state index in [0.29, 0.717) is 37.8 Å². The van der Waals surface area contributed by atoms with Crippen molar-refractivity contribution < 1.29 is 34.0 Å². The van der Waals surface area contributed by atoms with E-state index in [0.717, 1.165) is 44.2 Å². The predicted molar refractivity (Wildman–Crippen MR) is 178 cm³/mol. The van der Waals surface area contributed by atoms with E-state index in [1.165, 1.54) is 6.42 Å². The Morgan fingerprint density at radius 2 is 1.70 bits per heavy atom. The van der Waals surface area contributed by atoms with E-state index in [9.17, 15) is 19.8 Å². The average molecular weight is 652 g/mol. The minimum Gasteiger partial charge on any atom is -0.454 e. The van der Waals surface area contributed by atoms with Crippen molar-refractivity contribution in [2.75, 3.05) is 27.3 Å². The highest BCUT2D eigenvalue weighted by molar-refractivity contribution is 5.94. The molecule has 2 N–H and O–H groups in total. The summed E-state index contributed by atoms with van der Waals surface area (Å²) < 4.78 is 19.3. The standard InChI is InChI=1S/C39H57NO7/c1-6-40-22-37(47-36(42)27-15-11-10-14-26(27)18-32(41)25-12-8-7-9-13-25)17-16-33(45-4)34-30(37)20-29(24(40)3)38(43)21-23(2)28-19-31(34)39(38,44)35(28)46-5/h10-11,14-15,23-25,28-31,33-35,43-44H,6-9,12-13,16-22H2,1-5H3/t23?,24-,28+,29-,30?,31?,33-,34?,35-,37+,38-,39-/m0/s1. The number of benzene rings is 1. The molecule has 8 nitrogen and oxygen atoms in total. The summed E-state index contributed by atoms with van der Waals surface area (Å²) in [4.78, 5) is 30.3. The molecular formula is C39H57NO7. The lowest BCUT2D eigenvalue weighted by Crippen LogP contribution is -2.72. The van der Waals surface area contributed by atoms with Crippen LogP contribution in [0.5, 0.6) is 0 Å². The monoisotopic (exact) mass is 651 g/mol. The third-order valence-corrected chi connectivity index (χ3v) is 14.5. The zero-order valence-electron chi connectivity index (χ0n) is 29.2. The summed E-state index contributed by atoms with van der Waals surface area (Å²) in [7, 11) is 3.44. The van der Waals surface area contributed by atoms with Gasteiger partial charge in [-0.1, -0.05) is 51.3 Å². The number of hydrogen-bond acceptors (Lipinski definition) is 8. The number of ketones is 1. The number of rotatable bonds is 8. The van der Waals surface area contributed by atoms with E-state index in [-0.39, 0.29) is 71.7 Å². The van der Waals surface area contributed by atoms with Crippen molar-refractivity contribution in [3.8, 4) is 0 Å². The first-order chi connectivity index (χ1) is 22.5. The van der Waals surface area contributed by atoms with Crippen molar-refractivity contribution in [1.29, 1.82) is 0 Å². The topological polar surface area (TPSA) is 106 Å². The van der Waals surface area contributed by atoms with Crippen LogP contribution in [0.1, 0.15) is 101 Å². The minimum absolute atomic E-state index is 0.0437. The van der Waals surface area contributed by atoms with Gasteiger partial charge in [0.15, 0.2) is 0 Å². The Kier molecular flexibility index (Phi) is 8.94. The Hall–Kier alpha value is -1.84. The second-order valence-electron chi connectivity index (χ2n) is 16.3. The van der Waals surface area contributed by atoms with Gasteiger partial charge >= 0.3 is 5.97 Å². The van der Waals surface area contributed by atoms with Gasteiger partial charge in [-0.05, 0) is 93.7 Å². The van der Waals surface area contributed by atoms with E-state index in [1.54, 1.807) is 14.2 Å². The molecule has 47 heavy (non-hydrogen) atoms. The number of methoxy groups -OCH3 is 2. The summed E-state index contributed by atoms with van der Waals surface area (Å²) >= 11 is 0. The Morgan fingerprint density at radius 1 is 0.957 bits per heavy atom. The lowest BCUT2D eigenvalue weighted by atomic mass is 9.58. The smallest absolute Gasteiger partial charge is 0.339 e. The normalized spacial score (nSPS) is 44.8.